The highest BCUT2D eigenvalue weighted by Crippen LogP contribution is 2.33. The Morgan fingerprint density at radius 2 is 2.04 bits per heavy atom. The fourth-order valence-corrected chi connectivity index (χ4v) is 3.97. The molecule has 1 fully saturated rings. The Morgan fingerprint density at radius 1 is 1.28 bits per heavy atom. The van der Waals surface area contributed by atoms with Gasteiger partial charge in [-0.2, -0.15) is 0 Å². The lowest BCUT2D eigenvalue weighted by atomic mass is 10.00. The Morgan fingerprint density at radius 3 is 2.80 bits per heavy atom. The van der Waals surface area contributed by atoms with Gasteiger partial charge in [-0.3, -0.25) is 4.79 Å². The van der Waals surface area contributed by atoms with Crippen LogP contribution in [-0.4, -0.2) is 24.0 Å². The molecule has 1 aliphatic rings. The van der Waals surface area contributed by atoms with E-state index in [1.807, 2.05) is 6.07 Å². The van der Waals surface area contributed by atoms with E-state index in [-0.39, 0.29) is 17.6 Å². The lowest BCUT2D eigenvalue weighted by Gasteiger charge is -2.37. The molecule has 1 N–H and O–H groups in total. The number of nitrogens with zero attached hydrogens (tertiary/aromatic N) is 2. The Bertz CT molecular complexity index is 916. The van der Waals surface area contributed by atoms with Crippen molar-refractivity contribution >= 4 is 32.6 Å². The van der Waals surface area contributed by atoms with Gasteiger partial charge < -0.3 is 10.2 Å². The molecule has 4 nitrogen and oxygen atoms in total. The lowest BCUT2D eigenvalue weighted by molar-refractivity contribution is -0.125. The number of carbonyl (C=O) groups excluding carboxylic acids is 1. The second kappa shape index (κ2) is 6.44. The summed E-state index contributed by atoms with van der Waals surface area (Å²) in [6.45, 7) is 3.88. The third-order valence-corrected chi connectivity index (χ3v) is 5.51. The minimum Gasteiger partial charge on any atom is -0.352 e. The normalized spacial score (nSPS) is 14.6. The van der Waals surface area contributed by atoms with E-state index in [1.165, 1.54) is 22.4 Å². The number of halogens is 1. The molecule has 0 aliphatic carbocycles. The van der Waals surface area contributed by atoms with Gasteiger partial charge in [0.1, 0.15) is 5.82 Å². The number of hydrogen-bond donors (Lipinski definition) is 1. The Labute approximate surface area is 149 Å². The number of amides is 1. The smallest absolute Gasteiger partial charge is 0.226 e. The summed E-state index contributed by atoms with van der Waals surface area (Å²) in [6.07, 6.45) is 0. The van der Waals surface area contributed by atoms with Crippen LogP contribution in [0.1, 0.15) is 11.1 Å². The molecule has 0 bridgehead atoms. The first-order valence-electron chi connectivity index (χ1n) is 8.23. The van der Waals surface area contributed by atoms with Crippen LogP contribution in [0.5, 0.6) is 0 Å². The molecule has 1 aliphatic heterocycles. The number of aryl methyl sites for hydroxylation is 1. The zero-order valence-corrected chi connectivity index (χ0v) is 14.6. The van der Waals surface area contributed by atoms with Crippen molar-refractivity contribution in [2.45, 2.75) is 13.5 Å². The maximum atomic E-state index is 12.9. The number of benzene rings is 2. The van der Waals surface area contributed by atoms with Crippen molar-refractivity contribution in [3.8, 4) is 0 Å². The summed E-state index contributed by atoms with van der Waals surface area (Å²) in [5.74, 6) is -0.248. The van der Waals surface area contributed by atoms with E-state index in [2.05, 4.69) is 34.3 Å². The van der Waals surface area contributed by atoms with Crippen molar-refractivity contribution in [2.75, 3.05) is 18.0 Å². The van der Waals surface area contributed by atoms with Crippen LogP contribution in [0.15, 0.2) is 42.5 Å². The Hall–Kier alpha value is -2.47. The molecule has 0 unspecified atom stereocenters. The van der Waals surface area contributed by atoms with Gasteiger partial charge in [-0.05, 0) is 42.3 Å². The van der Waals surface area contributed by atoms with Gasteiger partial charge in [-0.1, -0.05) is 29.5 Å². The van der Waals surface area contributed by atoms with Crippen LogP contribution in [0.25, 0.3) is 10.2 Å². The van der Waals surface area contributed by atoms with E-state index in [0.29, 0.717) is 19.6 Å². The van der Waals surface area contributed by atoms with Gasteiger partial charge in [-0.15, -0.1) is 0 Å². The standard InChI is InChI=1S/C19H18FN3OS/c1-12-2-7-16-17(8-12)25-19(22-16)23-10-14(11-23)18(24)21-9-13-3-5-15(20)6-4-13/h2-8,14H,9-11H2,1H3,(H,21,24). The van der Waals surface area contributed by atoms with Crippen LogP contribution < -0.4 is 10.2 Å². The van der Waals surface area contributed by atoms with Crippen LogP contribution in [0, 0.1) is 18.7 Å². The monoisotopic (exact) mass is 355 g/mol. The highest BCUT2D eigenvalue weighted by Gasteiger charge is 2.34. The van der Waals surface area contributed by atoms with Crippen molar-refractivity contribution in [1.82, 2.24) is 10.3 Å². The number of anilines is 1. The third kappa shape index (κ3) is 3.35. The van der Waals surface area contributed by atoms with Crippen molar-refractivity contribution in [1.29, 1.82) is 0 Å². The fourth-order valence-electron chi connectivity index (χ4n) is 2.89. The van der Waals surface area contributed by atoms with Crippen molar-refractivity contribution < 1.29 is 9.18 Å². The van der Waals surface area contributed by atoms with E-state index in [4.69, 9.17) is 0 Å². The van der Waals surface area contributed by atoms with E-state index in [1.54, 1.807) is 23.5 Å². The molecule has 1 aromatic heterocycles. The van der Waals surface area contributed by atoms with Crippen LogP contribution >= 0.6 is 11.3 Å². The first-order valence-corrected chi connectivity index (χ1v) is 9.04. The number of fused-ring (bicyclic) bond motifs is 1. The van der Waals surface area contributed by atoms with Gasteiger partial charge in [0.2, 0.25) is 5.91 Å². The summed E-state index contributed by atoms with van der Waals surface area (Å²) < 4.78 is 14.1. The minimum absolute atomic E-state index is 0.0193. The molecule has 4 rings (SSSR count). The predicted octanol–water partition coefficient (Wildman–Crippen LogP) is 3.50. The van der Waals surface area contributed by atoms with E-state index < -0.39 is 0 Å². The molecule has 0 atom stereocenters. The van der Waals surface area contributed by atoms with E-state index >= 15 is 0 Å². The number of thiazole rings is 1. The maximum Gasteiger partial charge on any atom is 0.226 e. The molecule has 1 amide bonds. The van der Waals surface area contributed by atoms with Crippen molar-refractivity contribution in [3.63, 3.8) is 0 Å². The lowest BCUT2D eigenvalue weighted by Crippen LogP contribution is -2.53. The van der Waals surface area contributed by atoms with Gasteiger partial charge >= 0.3 is 0 Å². The Balaban J connectivity index is 1.32. The van der Waals surface area contributed by atoms with Gasteiger partial charge in [0, 0.05) is 19.6 Å². The molecular weight excluding hydrogens is 337 g/mol. The largest absolute Gasteiger partial charge is 0.352 e. The second-order valence-electron chi connectivity index (χ2n) is 6.41. The van der Waals surface area contributed by atoms with Crippen molar-refractivity contribution in [3.05, 3.63) is 59.4 Å². The predicted molar refractivity (Wildman–Crippen MR) is 98.3 cm³/mol. The molecular formula is C19H18FN3OS. The number of rotatable bonds is 4. The topological polar surface area (TPSA) is 45.2 Å². The molecule has 25 heavy (non-hydrogen) atoms. The summed E-state index contributed by atoms with van der Waals surface area (Å²) in [5.41, 5.74) is 3.13. The molecule has 0 saturated carbocycles. The van der Waals surface area contributed by atoms with Gasteiger partial charge in [-0.25, -0.2) is 9.37 Å². The summed E-state index contributed by atoms with van der Waals surface area (Å²) in [4.78, 5) is 19.0. The summed E-state index contributed by atoms with van der Waals surface area (Å²) in [5, 5.41) is 3.90. The molecule has 128 valence electrons. The minimum atomic E-state index is -0.268. The van der Waals surface area contributed by atoms with Crippen LogP contribution in [0.3, 0.4) is 0 Å². The first-order chi connectivity index (χ1) is 12.1. The summed E-state index contributed by atoms with van der Waals surface area (Å²) in [7, 11) is 0. The molecule has 3 aromatic rings. The highest BCUT2D eigenvalue weighted by molar-refractivity contribution is 7.22. The zero-order valence-electron chi connectivity index (χ0n) is 13.8. The molecule has 2 heterocycles. The van der Waals surface area contributed by atoms with Crippen LogP contribution in [-0.2, 0) is 11.3 Å². The first kappa shape index (κ1) is 16.0. The van der Waals surface area contributed by atoms with Gasteiger partial charge in [0.15, 0.2) is 5.13 Å². The van der Waals surface area contributed by atoms with E-state index in [9.17, 15) is 9.18 Å². The number of carbonyl (C=O) groups is 1. The maximum absolute atomic E-state index is 12.9. The molecule has 2 aromatic carbocycles. The third-order valence-electron chi connectivity index (χ3n) is 4.44. The number of hydrogen-bond acceptors (Lipinski definition) is 4. The molecule has 0 spiro atoms. The average molecular weight is 355 g/mol. The highest BCUT2D eigenvalue weighted by atomic mass is 32.1. The van der Waals surface area contributed by atoms with E-state index in [0.717, 1.165) is 16.2 Å². The van der Waals surface area contributed by atoms with Gasteiger partial charge in [0.05, 0.1) is 16.1 Å². The number of nitrogens with one attached hydrogen (secondary N) is 1. The second-order valence-corrected chi connectivity index (χ2v) is 7.42. The molecule has 0 radical (unpaired) electrons. The quantitative estimate of drug-likeness (QED) is 0.779. The fraction of sp³-hybridized carbons (Fsp3) is 0.263. The van der Waals surface area contributed by atoms with Crippen LogP contribution in [0.2, 0.25) is 0 Å². The Kier molecular flexibility index (Phi) is 4.13. The average Bonchev–Trinajstić information content (AvgIpc) is 2.95. The van der Waals surface area contributed by atoms with Crippen LogP contribution in [0.4, 0.5) is 9.52 Å². The number of aromatic nitrogens is 1. The van der Waals surface area contributed by atoms with Crippen molar-refractivity contribution in [2.24, 2.45) is 5.92 Å². The molecule has 1 saturated heterocycles. The van der Waals surface area contributed by atoms with Gasteiger partial charge in [0.25, 0.3) is 0 Å². The zero-order chi connectivity index (χ0) is 17.4. The summed E-state index contributed by atoms with van der Waals surface area (Å²) in [6, 6.07) is 12.4. The molecule has 6 heteroatoms. The SMILES string of the molecule is Cc1ccc2nc(N3CC(C(=O)NCc4ccc(F)cc4)C3)sc2c1. The summed E-state index contributed by atoms with van der Waals surface area (Å²) >= 11 is 1.67.